The summed E-state index contributed by atoms with van der Waals surface area (Å²) >= 11 is 0. The van der Waals surface area contributed by atoms with Crippen molar-refractivity contribution in [2.24, 2.45) is 5.92 Å². The highest BCUT2D eigenvalue weighted by Gasteiger charge is 2.30. The van der Waals surface area contributed by atoms with Gasteiger partial charge in [-0.25, -0.2) is 0 Å². The smallest absolute Gasteiger partial charge is 0.416 e. The number of carbonyl (C=O) groups is 2. The Labute approximate surface area is 229 Å². The third-order valence-electron chi connectivity index (χ3n) is 6.77. The average molecular weight is 549 g/mol. The maximum Gasteiger partial charge on any atom is 0.416 e. The van der Waals surface area contributed by atoms with E-state index in [-0.39, 0.29) is 6.42 Å². The molecule has 3 aromatic rings. The van der Waals surface area contributed by atoms with E-state index >= 15 is 0 Å². The molecule has 1 fully saturated rings. The lowest BCUT2D eigenvalue weighted by atomic mass is 9.96. The van der Waals surface area contributed by atoms with Crippen LogP contribution in [-0.2, 0) is 22.2 Å². The van der Waals surface area contributed by atoms with Crippen molar-refractivity contribution in [1.29, 1.82) is 0 Å². The molecule has 2 aliphatic rings. The van der Waals surface area contributed by atoms with Gasteiger partial charge in [0, 0.05) is 29.4 Å². The first kappa shape index (κ1) is 27.2. The fourth-order valence-electron chi connectivity index (χ4n) is 4.38. The summed E-state index contributed by atoms with van der Waals surface area (Å²) in [6, 6.07) is 17.2. The van der Waals surface area contributed by atoms with E-state index in [1.165, 1.54) is 37.1 Å². The van der Waals surface area contributed by atoms with Crippen LogP contribution in [0.2, 0.25) is 0 Å². The standard InChI is InChI=1S/C31H27F3N2O4/c32-31(33,34)22-13-9-20(10-14-22)24(21-11-15-23(16-12-21)40-18-19-7-8-19)3-1-6-29(38)35-26-4-2-5-27-25(26)17-28(37)30(39)36-27/h1-6,9-16,19,28,37H,7-8,17-18H2,(H,35,38)(H,36,39)/b6-1+,24-3-. The number of nitrogens with one attached hydrogen (secondary N) is 2. The van der Waals surface area contributed by atoms with Crippen LogP contribution in [0.4, 0.5) is 24.5 Å². The van der Waals surface area contributed by atoms with Crippen molar-refractivity contribution < 1.29 is 32.6 Å². The number of hydrogen-bond donors (Lipinski definition) is 3. The Morgan fingerprint density at radius 2 is 1.70 bits per heavy atom. The fourth-order valence-corrected chi connectivity index (χ4v) is 4.38. The second kappa shape index (κ2) is 11.4. The largest absolute Gasteiger partial charge is 0.493 e. The summed E-state index contributed by atoms with van der Waals surface area (Å²) in [7, 11) is 0. The molecule has 1 saturated carbocycles. The quantitative estimate of drug-likeness (QED) is 0.239. The zero-order valence-corrected chi connectivity index (χ0v) is 21.4. The van der Waals surface area contributed by atoms with Gasteiger partial charge < -0.3 is 20.5 Å². The van der Waals surface area contributed by atoms with Crippen LogP contribution in [0.25, 0.3) is 5.57 Å². The molecule has 9 heteroatoms. The monoisotopic (exact) mass is 548 g/mol. The van der Waals surface area contributed by atoms with Gasteiger partial charge >= 0.3 is 6.18 Å². The highest BCUT2D eigenvalue weighted by molar-refractivity contribution is 6.03. The van der Waals surface area contributed by atoms with Gasteiger partial charge in [0.25, 0.3) is 5.91 Å². The van der Waals surface area contributed by atoms with Gasteiger partial charge in [-0.2, -0.15) is 13.2 Å². The zero-order chi connectivity index (χ0) is 28.3. The van der Waals surface area contributed by atoms with Gasteiger partial charge in [-0.15, -0.1) is 0 Å². The van der Waals surface area contributed by atoms with Crippen LogP contribution in [0, 0.1) is 5.92 Å². The van der Waals surface area contributed by atoms with Gasteiger partial charge in [-0.1, -0.05) is 42.5 Å². The third kappa shape index (κ3) is 6.60. The Balaban J connectivity index is 1.36. The van der Waals surface area contributed by atoms with Crippen LogP contribution in [0.15, 0.2) is 85.0 Å². The van der Waals surface area contributed by atoms with Crippen molar-refractivity contribution in [3.05, 3.63) is 107 Å². The van der Waals surface area contributed by atoms with Crippen LogP contribution in [0.5, 0.6) is 5.75 Å². The van der Waals surface area contributed by atoms with Crippen molar-refractivity contribution in [1.82, 2.24) is 0 Å². The predicted octanol–water partition coefficient (Wildman–Crippen LogP) is 5.98. The van der Waals surface area contributed by atoms with E-state index < -0.39 is 29.7 Å². The second-order valence-corrected chi connectivity index (χ2v) is 9.82. The van der Waals surface area contributed by atoms with Gasteiger partial charge in [-0.3, -0.25) is 9.59 Å². The van der Waals surface area contributed by atoms with Crippen LogP contribution < -0.4 is 15.4 Å². The molecule has 1 heterocycles. The third-order valence-corrected chi connectivity index (χ3v) is 6.77. The van der Waals surface area contributed by atoms with E-state index in [4.69, 9.17) is 4.74 Å². The minimum Gasteiger partial charge on any atom is -0.493 e. The topological polar surface area (TPSA) is 87.7 Å². The molecule has 0 radical (unpaired) electrons. The number of amides is 2. The first-order chi connectivity index (χ1) is 19.2. The van der Waals surface area contributed by atoms with E-state index in [2.05, 4.69) is 10.6 Å². The molecule has 206 valence electrons. The van der Waals surface area contributed by atoms with Gasteiger partial charge in [0.1, 0.15) is 11.9 Å². The van der Waals surface area contributed by atoms with Crippen LogP contribution in [0.1, 0.15) is 35.1 Å². The molecule has 0 bridgehead atoms. The second-order valence-electron chi connectivity index (χ2n) is 9.82. The normalized spacial score (nSPS) is 17.4. The van der Waals surface area contributed by atoms with E-state index in [0.717, 1.165) is 17.7 Å². The molecule has 40 heavy (non-hydrogen) atoms. The van der Waals surface area contributed by atoms with Crippen molar-refractivity contribution in [2.75, 3.05) is 17.2 Å². The summed E-state index contributed by atoms with van der Waals surface area (Å²) in [5, 5.41) is 15.3. The molecule has 1 atom stereocenters. The highest BCUT2D eigenvalue weighted by atomic mass is 19.4. The van der Waals surface area contributed by atoms with E-state index in [0.29, 0.717) is 46.3 Å². The van der Waals surface area contributed by atoms with Gasteiger partial charge in [0.2, 0.25) is 5.91 Å². The average Bonchev–Trinajstić information content (AvgIpc) is 3.76. The first-order valence-corrected chi connectivity index (χ1v) is 12.9. The number of allylic oxidation sites excluding steroid dienone is 2. The molecule has 0 spiro atoms. The summed E-state index contributed by atoms with van der Waals surface area (Å²) < 4.78 is 45.2. The number of benzene rings is 3. The van der Waals surface area contributed by atoms with Crippen molar-refractivity contribution in [2.45, 2.75) is 31.5 Å². The van der Waals surface area contributed by atoms with E-state index in [9.17, 15) is 27.9 Å². The van der Waals surface area contributed by atoms with Crippen LogP contribution >= 0.6 is 0 Å². The molecular formula is C31H27F3N2O4. The molecule has 1 unspecified atom stereocenters. The SMILES string of the molecule is O=C(/C=C/C=C(\c1ccc(OCC2CC2)cc1)c1ccc(C(F)(F)F)cc1)Nc1cccc2c1CC(O)C(=O)N2. The zero-order valence-electron chi connectivity index (χ0n) is 21.4. The van der Waals surface area contributed by atoms with Crippen molar-refractivity contribution >= 4 is 28.8 Å². The number of ether oxygens (including phenoxy) is 1. The van der Waals surface area contributed by atoms with Crippen molar-refractivity contribution in [3.8, 4) is 5.75 Å². The Hall–Kier alpha value is -4.37. The molecule has 0 aromatic heterocycles. The number of carbonyl (C=O) groups excluding carboxylic acids is 2. The number of aliphatic hydroxyl groups is 1. The lowest BCUT2D eigenvalue weighted by Crippen LogP contribution is -2.34. The molecule has 3 N–H and O–H groups in total. The molecule has 1 aliphatic heterocycles. The minimum absolute atomic E-state index is 0.0691. The number of rotatable bonds is 8. The number of alkyl halides is 3. The number of fused-ring (bicyclic) bond motifs is 1. The van der Waals surface area contributed by atoms with Gasteiger partial charge in [-0.05, 0) is 71.9 Å². The van der Waals surface area contributed by atoms with Gasteiger partial charge in [0.05, 0.1) is 12.2 Å². The maximum absolute atomic E-state index is 13.1. The van der Waals surface area contributed by atoms with E-state index in [1.54, 1.807) is 24.3 Å². The first-order valence-electron chi connectivity index (χ1n) is 12.9. The summed E-state index contributed by atoms with van der Waals surface area (Å²) in [5.74, 6) is 0.361. The maximum atomic E-state index is 13.1. The summed E-state index contributed by atoms with van der Waals surface area (Å²) in [4.78, 5) is 24.5. The number of hydrogen-bond acceptors (Lipinski definition) is 4. The molecule has 5 rings (SSSR count). The summed E-state index contributed by atoms with van der Waals surface area (Å²) in [5.41, 5.74) is 2.75. The highest BCUT2D eigenvalue weighted by Crippen LogP contribution is 2.33. The number of anilines is 2. The molecule has 3 aromatic carbocycles. The Morgan fingerprint density at radius 3 is 2.35 bits per heavy atom. The van der Waals surface area contributed by atoms with Crippen LogP contribution in [-0.4, -0.2) is 29.6 Å². The molecule has 2 amide bonds. The lowest BCUT2D eigenvalue weighted by Gasteiger charge is -2.23. The Bertz CT molecular complexity index is 1460. The van der Waals surface area contributed by atoms with Crippen molar-refractivity contribution in [3.63, 3.8) is 0 Å². The summed E-state index contributed by atoms with van der Waals surface area (Å²) in [6.07, 6.45) is 1.23. The fraction of sp³-hybridized carbons (Fsp3) is 0.226. The minimum atomic E-state index is -4.45. The summed E-state index contributed by atoms with van der Waals surface area (Å²) in [6.45, 7) is 0.661. The Kier molecular flexibility index (Phi) is 7.75. The van der Waals surface area contributed by atoms with Crippen LogP contribution in [0.3, 0.4) is 0 Å². The Morgan fingerprint density at radius 1 is 1.02 bits per heavy atom. The van der Waals surface area contributed by atoms with E-state index in [1.807, 2.05) is 24.3 Å². The number of aliphatic hydroxyl groups excluding tert-OH is 1. The molecule has 1 aliphatic carbocycles. The lowest BCUT2D eigenvalue weighted by molar-refractivity contribution is -0.137. The number of halogens is 3. The predicted molar refractivity (Wildman–Crippen MR) is 146 cm³/mol. The van der Waals surface area contributed by atoms with Gasteiger partial charge in [0.15, 0.2) is 0 Å². The molecule has 6 nitrogen and oxygen atoms in total. The molecule has 0 saturated heterocycles. The molecular weight excluding hydrogens is 521 g/mol.